The van der Waals surface area contributed by atoms with Crippen LogP contribution in [0.4, 0.5) is 8.78 Å². The number of ether oxygens (including phenoxy) is 2. The SMILES string of the molecule is CCCCCCCN(Cc1ccc(F)cc1F)C(=O)COc1ccc(CC(OCC)C(=O)O)cc1. The number of benzene rings is 2. The van der Waals surface area contributed by atoms with E-state index in [1.807, 2.05) is 0 Å². The Bertz CT molecular complexity index is 936. The topological polar surface area (TPSA) is 76.1 Å². The molecule has 2 aromatic carbocycles. The monoisotopic (exact) mass is 491 g/mol. The predicted octanol–water partition coefficient (Wildman–Crippen LogP) is 5.38. The van der Waals surface area contributed by atoms with Gasteiger partial charge in [-0.2, -0.15) is 0 Å². The van der Waals surface area contributed by atoms with Gasteiger partial charge in [0.05, 0.1) is 0 Å². The van der Waals surface area contributed by atoms with Crippen LogP contribution in [0.3, 0.4) is 0 Å². The smallest absolute Gasteiger partial charge is 0.333 e. The van der Waals surface area contributed by atoms with Crippen LogP contribution in [0, 0.1) is 11.6 Å². The highest BCUT2D eigenvalue weighted by atomic mass is 19.1. The molecule has 0 saturated carbocycles. The molecule has 35 heavy (non-hydrogen) atoms. The number of carboxylic acid groups (broad SMARTS) is 1. The normalized spacial score (nSPS) is 11.8. The first-order valence-corrected chi connectivity index (χ1v) is 12.1. The van der Waals surface area contributed by atoms with Gasteiger partial charge >= 0.3 is 5.97 Å². The fraction of sp³-hybridized carbons (Fsp3) is 0.481. The molecule has 1 amide bonds. The van der Waals surface area contributed by atoms with Gasteiger partial charge in [-0.3, -0.25) is 4.79 Å². The van der Waals surface area contributed by atoms with Crippen molar-refractivity contribution in [2.24, 2.45) is 0 Å². The quantitative estimate of drug-likeness (QED) is 0.319. The van der Waals surface area contributed by atoms with Gasteiger partial charge in [-0.1, -0.05) is 50.8 Å². The minimum Gasteiger partial charge on any atom is -0.484 e. The number of hydrogen-bond donors (Lipinski definition) is 1. The first kappa shape index (κ1) is 28.2. The van der Waals surface area contributed by atoms with E-state index in [0.29, 0.717) is 18.9 Å². The van der Waals surface area contributed by atoms with Gasteiger partial charge in [0, 0.05) is 37.7 Å². The molecule has 0 fully saturated rings. The van der Waals surface area contributed by atoms with Gasteiger partial charge in [0.15, 0.2) is 12.7 Å². The highest BCUT2D eigenvalue weighted by molar-refractivity contribution is 5.77. The average molecular weight is 492 g/mol. The lowest BCUT2D eigenvalue weighted by atomic mass is 10.1. The van der Waals surface area contributed by atoms with Crippen LogP contribution < -0.4 is 4.74 Å². The molecular weight excluding hydrogens is 456 g/mol. The Morgan fingerprint density at radius 1 is 1.00 bits per heavy atom. The molecule has 0 saturated heterocycles. The van der Waals surface area contributed by atoms with Crippen LogP contribution in [0.15, 0.2) is 42.5 Å². The molecule has 0 aliphatic rings. The summed E-state index contributed by atoms with van der Waals surface area (Å²) in [7, 11) is 0. The number of carbonyl (C=O) groups is 2. The minimum absolute atomic E-state index is 0.0367. The molecular formula is C27H35F2NO5. The molecule has 0 aliphatic heterocycles. The van der Waals surface area contributed by atoms with E-state index in [1.54, 1.807) is 31.2 Å². The van der Waals surface area contributed by atoms with Crippen LogP contribution in [0.1, 0.15) is 57.1 Å². The standard InChI is InChI=1S/C27H35F2NO5/c1-3-5-6-7-8-15-30(18-21-11-12-22(28)17-24(21)29)26(31)19-35-23-13-9-20(10-14-23)16-25(27(32)33)34-4-2/h9-14,17,25H,3-8,15-16,18-19H2,1-2H3,(H,32,33). The average Bonchev–Trinajstić information content (AvgIpc) is 2.83. The van der Waals surface area contributed by atoms with E-state index in [0.717, 1.165) is 43.7 Å². The number of hydrogen-bond acceptors (Lipinski definition) is 4. The van der Waals surface area contributed by atoms with Crippen molar-refractivity contribution in [3.05, 3.63) is 65.2 Å². The first-order chi connectivity index (χ1) is 16.8. The van der Waals surface area contributed by atoms with Crippen molar-refractivity contribution in [3.8, 4) is 5.75 Å². The number of halogens is 2. The second-order valence-electron chi connectivity index (χ2n) is 8.38. The third-order valence-electron chi connectivity index (χ3n) is 5.61. The molecule has 0 aliphatic carbocycles. The molecule has 1 N–H and O–H groups in total. The Hall–Kier alpha value is -3.00. The van der Waals surface area contributed by atoms with Crippen molar-refractivity contribution in [1.29, 1.82) is 0 Å². The summed E-state index contributed by atoms with van der Waals surface area (Å²) in [6, 6.07) is 10.2. The van der Waals surface area contributed by atoms with Crippen LogP contribution in [-0.2, 0) is 27.3 Å². The van der Waals surface area contributed by atoms with E-state index >= 15 is 0 Å². The Labute approximate surface area is 205 Å². The lowest BCUT2D eigenvalue weighted by molar-refractivity contribution is -0.150. The van der Waals surface area contributed by atoms with Crippen LogP contribution in [0.2, 0.25) is 0 Å². The fourth-order valence-electron chi connectivity index (χ4n) is 3.64. The van der Waals surface area contributed by atoms with Gasteiger partial charge in [0.25, 0.3) is 5.91 Å². The number of unbranched alkanes of at least 4 members (excludes halogenated alkanes) is 4. The Morgan fingerprint density at radius 2 is 1.71 bits per heavy atom. The van der Waals surface area contributed by atoms with Crippen molar-refractivity contribution < 1.29 is 33.0 Å². The van der Waals surface area contributed by atoms with Crippen molar-refractivity contribution in [2.75, 3.05) is 19.8 Å². The predicted molar refractivity (Wildman–Crippen MR) is 129 cm³/mol. The number of rotatable bonds is 16. The van der Waals surface area contributed by atoms with Crippen LogP contribution >= 0.6 is 0 Å². The summed E-state index contributed by atoms with van der Waals surface area (Å²) in [6.45, 7) is 4.43. The van der Waals surface area contributed by atoms with E-state index in [1.165, 1.54) is 17.0 Å². The maximum absolute atomic E-state index is 14.2. The molecule has 0 spiro atoms. The third kappa shape index (κ3) is 10.0. The number of carbonyl (C=O) groups excluding carboxylic acids is 1. The van der Waals surface area contributed by atoms with Crippen molar-refractivity contribution >= 4 is 11.9 Å². The summed E-state index contributed by atoms with van der Waals surface area (Å²) < 4.78 is 38.3. The first-order valence-electron chi connectivity index (χ1n) is 12.1. The van der Waals surface area contributed by atoms with E-state index < -0.39 is 23.7 Å². The summed E-state index contributed by atoms with van der Waals surface area (Å²) in [5.41, 5.74) is 1.02. The lowest BCUT2D eigenvalue weighted by Crippen LogP contribution is -2.35. The molecule has 6 nitrogen and oxygen atoms in total. The molecule has 2 rings (SSSR count). The third-order valence-corrected chi connectivity index (χ3v) is 5.61. The second kappa shape index (κ2) is 15.1. The van der Waals surface area contributed by atoms with E-state index in [-0.39, 0.29) is 31.0 Å². The van der Waals surface area contributed by atoms with Gasteiger partial charge in [-0.25, -0.2) is 13.6 Å². The Kier molecular flexibility index (Phi) is 12.2. The fourth-order valence-corrected chi connectivity index (χ4v) is 3.64. The van der Waals surface area contributed by atoms with Gasteiger partial charge < -0.3 is 19.5 Å². The van der Waals surface area contributed by atoms with Gasteiger partial charge in [0.1, 0.15) is 17.4 Å². The second-order valence-corrected chi connectivity index (χ2v) is 8.38. The molecule has 1 unspecified atom stereocenters. The molecule has 0 radical (unpaired) electrons. The molecule has 0 bridgehead atoms. The number of carboxylic acids is 1. The summed E-state index contributed by atoms with van der Waals surface area (Å²) in [6.07, 6.45) is 4.34. The van der Waals surface area contributed by atoms with Crippen LogP contribution in [-0.4, -0.2) is 47.7 Å². The van der Waals surface area contributed by atoms with Gasteiger partial charge in [-0.15, -0.1) is 0 Å². The zero-order valence-corrected chi connectivity index (χ0v) is 20.5. The van der Waals surface area contributed by atoms with Gasteiger partial charge in [0.2, 0.25) is 0 Å². The number of aliphatic carboxylic acids is 1. The van der Waals surface area contributed by atoms with Crippen molar-refractivity contribution in [1.82, 2.24) is 4.90 Å². The molecule has 0 aromatic heterocycles. The van der Waals surface area contributed by atoms with E-state index in [4.69, 9.17) is 9.47 Å². The number of amides is 1. The maximum Gasteiger partial charge on any atom is 0.333 e. The zero-order valence-electron chi connectivity index (χ0n) is 20.5. The summed E-state index contributed by atoms with van der Waals surface area (Å²) in [5, 5.41) is 9.22. The zero-order chi connectivity index (χ0) is 25.6. The summed E-state index contributed by atoms with van der Waals surface area (Å²) in [4.78, 5) is 25.7. The molecule has 0 heterocycles. The van der Waals surface area contributed by atoms with Crippen LogP contribution in [0.25, 0.3) is 0 Å². The molecule has 8 heteroatoms. The maximum atomic E-state index is 14.2. The molecule has 1 atom stereocenters. The highest BCUT2D eigenvalue weighted by Crippen LogP contribution is 2.17. The molecule has 192 valence electrons. The van der Waals surface area contributed by atoms with Crippen molar-refractivity contribution in [3.63, 3.8) is 0 Å². The largest absolute Gasteiger partial charge is 0.484 e. The van der Waals surface area contributed by atoms with Gasteiger partial charge in [-0.05, 0) is 37.1 Å². The lowest BCUT2D eigenvalue weighted by Gasteiger charge is -2.23. The number of nitrogens with zero attached hydrogens (tertiary/aromatic N) is 1. The Balaban J connectivity index is 1.97. The van der Waals surface area contributed by atoms with Crippen LogP contribution in [0.5, 0.6) is 5.75 Å². The minimum atomic E-state index is -1.02. The molecule has 2 aromatic rings. The highest BCUT2D eigenvalue weighted by Gasteiger charge is 2.19. The Morgan fingerprint density at radius 3 is 2.34 bits per heavy atom. The van der Waals surface area contributed by atoms with Crippen molar-refractivity contribution in [2.45, 2.75) is 65.0 Å². The summed E-state index contributed by atoms with van der Waals surface area (Å²) in [5.74, 6) is -2.20. The van der Waals surface area contributed by atoms with E-state index in [9.17, 15) is 23.5 Å². The summed E-state index contributed by atoms with van der Waals surface area (Å²) >= 11 is 0. The van der Waals surface area contributed by atoms with E-state index in [2.05, 4.69) is 6.92 Å².